The number of amides is 1. The van der Waals surface area contributed by atoms with E-state index in [2.05, 4.69) is 26.5 Å². The molecule has 0 spiro atoms. The molecule has 3 rings (SSSR count). The Morgan fingerprint density at radius 1 is 1.23 bits per heavy atom. The van der Waals surface area contributed by atoms with Gasteiger partial charge in [-0.3, -0.25) is 14.9 Å². The molecule has 0 aliphatic carbocycles. The summed E-state index contributed by atoms with van der Waals surface area (Å²) in [5.41, 5.74) is 3.33. The molecule has 0 aliphatic rings. The number of nitrogens with one attached hydrogen (secondary N) is 1. The molecule has 0 radical (unpaired) electrons. The quantitative estimate of drug-likeness (QED) is 0.287. The Morgan fingerprint density at radius 2 is 2.00 bits per heavy atom. The summed E-state index contributed by atoms with van der Waals surface area (Å²) in [7, 11) is 0. The normalized spacial score (nSPS) is 11.0. The van der Waals surface area contributed by atoms with Crippen LogP contribution in [0.15, 0.2) is 50.4 Å². The van der Waals surface area contributed by atoms with Crippen LogP contribution in [0.3, 0.4) is 0 Å². The minimum absolute atomic E-state index is 0.00877. The Balaban J connectivity index is 1.75. The summed E-state index contributed by atoms with van der Waals surface area (Å²) >= 11 is 3.45. The highest BCUT2D eigenvalue weighted by atomic mass is 79.9. The topological polar surface area (TPSA) is 116 Å². The van der Waals surface area contributed by atoms with Gasteiger partial charge in [0.15, 0.2) is 17.3 Å². The lowest BCUT2D eigenvalue weighted by Crippen LogP contribution is -2.16. The number of benzene rings is 2. The zero-order valence-corrected chi connectivity index (χ0v) is 17.8. The molecule has 1 N–H and O–H groups in total. The fourth-order valence-corrected chi connectivity index (χ4v) is 3.26. The highest BCUT2D eigenvalue weighted by molar-refractivity contribution is 9.10. The number of halogens is 1. The smallest absolute Gasteiger partial charge is 0.307 e. The van der Waals surface area contributed by atoms with Crippen molar-refractivity contribution in [1.82, 2.24) is 5.43 Å². The number of carbonyl (C=O) groups excluding carboxylic acids is 1. The van der Waals surface area contributed by atoms with E-state index in [0.29, 0.717) is 45.7 Å². The van der Waals surface area contributed by atoms with Gasteiger partial charge in [0.1, 0.15) is 5.58 Å². The Hall–Kier alpha value is -3.40. The molecule has 0 saturated carbocycles. The number of nitro benzene ring substituents is 1. The van der Waals surface area contributed by atoms with Crippen LogP contribution in [0.1, 0.15) is 30.0 Å². The third-order valence-corrected chi connectivity index (χ3v) is 4.52. The van der Waals surface area contributed by atoms with Crippen molar-refractivity contribution >= 4 is 44.7 Å². The van der Waals surface area contributed by atoms with E-state index in [9.17, 15) is 14.9 Å². The van der Waals surface area contributed by atoms with E-state index in [1.165, 1.54) is 30.5 Å². The molecule has 9 nitrogen and oxygen atoms in total. The number of nitrogens with zero attached hydrogens (tertiary/aromatic N) is 2. The molecule has 1 heterocycles. The van der Waals surface area contributed by atoms with Gasteiger partial charge in [-0.1, -0.05) is 0 Å². The maximum Gasteiger partial charge on any atom is 0.307 e. The number of hydrazone groups is 1. The molecule has 2 aromatic carbocycles. The minimum atomic E-state index is -0.583. The largest absolute Gasteiger partial charge is 0.490 e. The van der Waals surface area contributed by atoms with E-state index in [1.54, 1.807) is 12.1 Å². The maximum absolute atomic E-state index is 12.3. The van der Waals surface area contributed by atoms with E-state index >= 15 is 0 Å². The van der Waals surface area contributed by atoms with Gasteiger partial charge in [0.25, 0.3) is 5.69 Å². The van der Waals surface area contributed by atoms with Gasteiger partial charge in [-0.2, -0.15) is 5.10 Å². The Morgan fingerprint density at radius 3 is 2.70 bits per heavy atom. The molecular formula is C20H18BrN3O6. The Kier molecular flexibility index (Phi) is 6.68. The number of ether oxygens (including phenoxy) is 2. The summed E-state index contributed by atoms with van der Waals surface area (Å²) in [4.78, 5) is 22.6. The van der Waals surface area contributed by atoms with Crippen LogP contribution in [-0.2, 0) is 0 Å². The summed E-state index contributed by atoms with van der Waals surface area (Å²) in [5, 5.41) is 15.3. The molecule has 0 bridgehead atoms. The van der Waals surface area contributed by atoms with Crippen LogP contribution in [0.25, 0.3) is 11.0 Å². The van der Waals surface area contributed by atoms with Crippen LogP contribution in [0.4, 0.5) is 5.69 Å². The number of fused-ring (bicyclic) bond motifs is 1. The van der Waals surface area contributed by atoms with E-state index in [-0.39, 0.29) is 11.4 Å². The molecule has 1 amide bonds. The van der Waals surface area contributed by atoms with Crippen molar-refractivity contribution in [2.45, 2.75) is 13.8 Å². The number of rotatable bonds is 8. The second-order valence-electron chi connectivity index (χ2n) is 5.99. The molecular weight excluding hydrogens is 458 g/mol. The Labute approximate surface area is 179 Å². The fourth-order valence-electron chi connectivity index (χ4n) is 2.69. The van der Waals surface area contributed by atoms with Gasteiger partial charge >= 0.3 is 5.91 Å². The van der Waals surface area contributed by atoms with Gasteiger partial charge in [-0.05, 0) is 59.6 Å². The van der Waals surface area contributed by atoms with Crippen molar-refractivity contribution in [1.29, 1.82) is 0 Å². The first-order valence-electron chi connectivity index (χ1n) is 9.03. The lowest BCUT2D eigenvalue weighted by molar-refractivity contribution is -0.384. The Bertz CT molecular complexity index is 1130. The summed E-state index contributed by atoms with van der Waals surface area (Å²) in [6.07, 6.45) is 1.45. The van der Waals surface area contributed by atoms with Crippen LogP contribution in [0.2, 0.25) is 0 Å². The van der Waals surface area contributed by atoms with Crippen LogP contribution in [0.5, 0.6) is 11.5 Å². The van der Waals surface area contributed by atoms with Crippen molar-refractivity contribution in [2.75, 3.05) is 13.2 Å². The average molecular weight is 476 g/mol. The molecule has 0 atom stereocenters. The molecule has 10 heteroatoms. The lowest BCUT2D eigenvalue weighted by Gasteiger charge is -2.13. The van der Waals surface area contributed by atoms with Crippen molar-refractivity contribution < 1.29 is 23.6 Å². The average Bonchev–Trinajstić information content (AvgIpc) is 3.14. The van der Waals surface area contributed by atoms with E-state index in [0.717, 1.165) is 0 Å². The second-order valence-corrected chi connectivity index (χ2v) is 6.84. The third-order valence-electron chi connectivity index (χ3n) is 3.93. The first-order chi connectivity index (χ1) is 14.4. The highest BCUT2D eigenvalue weighted by Gasteiger charge is 2.15. The van der Waals surface area contributed by atoms with Gasteiger partial charge in [-0.25, -0.2) is 5.43 Å². The first kappa shape index (κ1) is 21.3. The maximum atomic E-state index is 12.3. The van der Waals surface area contributed by atoms with Crippen molar-refractivity contribution in [2.24, 2.45) is 5.10 Å². The van der Waals surface area contributed by atoms with Crippen molar-refractivity contribution in [3.8, 4) is 11.5 Å². The number of carbonyl (C=O) groups is 1. The molecule has 30 heavy (non-hydrogen) atoms. The predicted octanol–water partition coefficient (Wildman–Crippen LogP) is 4.66. The van der Waals surface area contributed by atoms with Gasteiger partial charge in [0, 0.05) is 17.5 Å². The monoisotopic (exact) mass is 475 g/mol. The van der Waals surface area contributed by atoms with Gasteiger partial charge < -0.3 is 13.9 Å². The second kappa shape index (κ2) is 9.40. The van der Waals surface area contributed by atoms with Crippen molar-refractivity contribution in [3.05, 3.63) is 62.3 Å². The third kappa shape index (κ3) is 4.77. The predicted molar refractivity (Wildman–Crippen MR) is 114 cm³/mol. The SMILES string of the molecule is CCOc1cc(/C=N\NC(=O)c2cc3cc([N+](=O)[O-])ccc3o2)cc(Br)c1OCC. The number of furan rings is 1. The summed E-state index contributed by atoms with van der Waals surface area (Å²) in [6.45, 7) is 4.70. The number of non-ortho nitro benzene ring substituents is 1. The number of nitro groups is 1. The number of hydrogen-bond donors (Lipinski definition) is 1. The molecule has 0 saturated heterocycles. The minimum Gasteiger partial charge on any atom is -0.490 e. The van der Waals surface area contributed by atoms with Gasteiger partial charge in [0.05, 0.1) is 28.8 Å². The fraction of sp³-hybridized carbons (Fsp3) is 0.200. The van der Waals surface area contributed by atoms with Crippen LogP contribution in [0, 0.1) is 10.1 Å². The van der Waals surface area contributed by atoms with E-state index in [1.807, 2.05) is 13.8 Å². The zero-order chi connectivity index (χ0) is 21.7. The standard InChI is InChI=1S/C20H18BrN3O6/c1-3-28-17-8-12(7-15(21)19(17)29-4-2)11-22-23-20(25)18-10-13-9-14(24(26)27)5-6-16(13)30-18/h5-11H,3-4H2,1-2H3,(H,23,25)/b22-11-. The molecule has 1 aromatic heterocycles. The highest BCUT2D eigenvalue weighted by Crippen LogP contribution is 2.36. The zero-order valence-electron chi connectivity index (χ0n) is 16.2. The van der Waals surface area contributed by atoms with Gasteiger partial charge in [-0.15, -0.1) is 0 Å². The van der Waals surface area contributed by atoms with Crippen LogP contribution < -0.4 is 14.9 Å². The number of hydrogen-bond acceptors (Lipinski definition) is 7. The van der Waals surface area contributed by atoms with E-state index < -0.39 is 10.8 Å². The molecule has 0 fully saturated rings. The molecule has 156 valence electrons. The molecule has 3 aromatic rings. The van der Waals surface area contributed by atoms with Crippen LogP contribution in [-0.4, -0.2) is 30.3 Å². The molecule has 0 unspecified atom stereocenters. The van der Waals surface area contributed by atoms with Crippen molar-refractivity contribution in [3.63, 3.8) is 0 Å². The lowest BCUT2D eigenvalue weighted by atomic mass is 10.2. The molecule has 0 aliphatic heterocycles. The van der Waals surface area contributed by atoms with E-state index in [4.69, 9.17) is 13.9 Å². The summed E-state index contributed by atoms with van der Waals surface area (Å²) in [6, 6.07) is 9.05. The van der Waals surface area contributed by atoms with Crippen LogP contribution >= 0.6 is 15.9 Å². The summed E-state index contributed by atoms with van der Waals surface area (Å²) < 4.78 is 17.3. The van der Waals surface area contributed by atoms with Gasteiger partial charge in [0.2, 0.25) is 0 Å². The first-order valence-corrected chi connectivity index (χ1v) is 9.82. The summed E-state index contributed by atoms with van der Waals surface area (Å²) in [5.74, 6) is 0.558.